The highest BCUT2D eigenvalue weighted by atomic mass is 32.1. The molecule has 2 aromatic carbocycles. The molecule has 3 aromatic rings. The minimum Gasteiger partial charge on any atom is -0.332 e. The minimum atomic E-state index is -0.268. The summed E-state index contributed by atoms with van der Waals surface area (Å²) in [5.41, 5.74) is 3.02. The molecule has 140 valence electrons. The fourth-order valence-corrected chi connectivity index (χ4v) is 2.85. The second kappa shape index (κ2) is 8.73. The van der Waals surface area contributed by atoms with Crippen molar-refractivity contribution in [3.8, 4) is 0 Å². The Kier molecular flexibility index (Phi) is 6.13. The van der Waals surface area contributed by atoms with Gasteiger partial charge >= 0.3 is 0 Å². The highest BCUT2D eigenvalue weighted by molar-refractivity contribution is 7.80. The van der Waals surface area contributed by atoms with E-state index in [1.807, 2.05) is 18.2 Å². The van der Waals surface area contributed by atoms with Gasteiger partial charge in [0.1, 0.15) is 12.1 Å². The van der Waals surface area contributed by atoms with Crippen LogP contribution in [0.25, 0.3) is 0 Å². The number of halogens is 1. The lowest BCUT2D eigenvalue weighted by molar-refractivity contribution is 0.619. The lowest BCUT2D eigenvalue weighted by atomic mass is 9.99. The number of hydrogen-bond donors (Lipinski definition) is 2. The van der Waals surface area contributed by atoms with Gasteiger partial charge in [-0.3, -0.25) is 5.32 Å². The first-order valence-corrected chi connectivity index (χ1v) is 9.26. The molecule has 0 fully saturated rings. The van der Waals surface area contributed by atoms with Gasteiger partial charge in [-0.05, 0) is 59.9 Å². The summed E-state index contributed by atoms with van der Waals surface area (Å²) in [7, 11) is 0. The van der Waals surface area contributed by atoms with Crippen LogP contribution in [-0.4, -0.2) is 19.9 Å². The molecule has 0 bridgehead atoms. The molecule has 1 aromatic heterocycles. The van der Waals surface area contributed by atoms with Gasteiger partial charge in [0.2, 0.25) is 5.95 Å². The number of nitrogens with one attached hydrogen (secondary N) is 2. The molecule has 0 aliphatic carbocycles. The van der Waals surface area contributed by atoms with E-state index >= 15 is 0 Å². The van der Waals surface area contributed by atoms with Crippen molar-refractivity contribution in [3.05, 3.63) is 71.8 Å². The monoisotopic (exact) mass is 383 g/mol. The van der Waals surface area contributed by atoms with Gasteiger partial charge in [0, 0.05) is 5.69 Å². The van der Waals surface area contributed by atoms with E-state index in [1.54, 1.807) is 17.1 Å². The van der Waals surface area contributed by atoms with Crippen molar-refractivity contribution in [2.75, 3.05) is 10.6 Å². The molecule has 1 atom stereocenters. The van der Waals surface area contributed by atoms with Crippen LogP contribution >= 0.6 is 12.2 Å². The van der Waals surface area contributed by atoms with E-state index in [0.717, 1.165) is 17.7 Å². The molecule has 5 nitrogen and oxygen atoms in total. The fraction of sp³-hybridized carbons (Fsp3) is 0.250. The van der Waals surface area contributed by atoms with E-state index in [0.29, 0.717) is 23.5 Å². The Labute approximate surface area is 163 Å². The zero-order chi connectivity index (χ0) is 19.2. The molecule has 0 spiro atoms. The first-order chi connectivity index (χ1) is 13.0. The maximum absolute atomic E-state index is 13.3. The molecule has 7 heteroatoms. The van der Waals surface area contributed by atoms with Crippen LogP contribution in [0.3, 0.4) is 0 Å². The molecule has 0 aliphatic heterocycles. The summed E-state index contributed by atoms with van der Waals surface area (Å²) in [6.45, 7) is 4.82. The van der Waals surface area contributed by atoms with Gasteiger partial charge in [-0.25, -0.2) is 14.1 Å². The van der Waals surface area contributed by atoms with Crippen molar-refractivity contribution in [3.63, 3.8) is 0 Å². The maximum Gasteiger partial charge on any atom is 0.248 e. The molecule has 1 unspecified atom stereocenters. The normalized spacial score (nSPS) is 11.8. The van der Waals surface area contributed by atoms with Crippen LogP contribution in [0.1, 0.15) is 37.3 Å². The quantitative estimate of drug-likeness (QED) is 0.600. The van der Waals surface area contributed by atoms with Gasteiger partial charge in [0.25, 0.3) is 0 Å². The SMILES string of the molecule is CCC(C)c1ccc(NC(=S)Nc2ncn(Cc3cccc(F)c3)n2)cc1. The van der Waals surface area contributed by atoms with Gasteiger partial charge in [-0.15, -0.1) is 5.10 Å². The third kappa shape index (κ3) is 5.34. The number of anilines is 2. The summed E-state index contributed by atoms with van der Waals surface area (Å²) in [4.78, 5) is 4.18. The molecule has 1 heterocycles. The van der Waals surface area contributed by atoms with Gasteiger partial charge in [0.05, 0.1) is 6.54 Å². The number of nitrogens with zero attached hydrogens (tertiary/aromatic N) is 3. The van der Waals surface area contributed by atoms with Crippen molar-refractivity contribution in [1.82, 2.24) is 14.8 Å². The van der Waals surface area contributed by atoms with Crippen LogP contribution in [0.4, 0.5) is 16.0 Å². The van der Waals surface area contributed by atoms with Gasteiger partial charge < -0.3 is 5.32 Å². The number of rotatable bonds is 6. The molecule has 27 heavy (non-hydrogen) atoms. The highest BCUT2D eigenvalue weighted by Crippen LogP contribution is 2.20. The van der Waals surface area contributed by atoms with Gasteiger partial charge in [-0.1, -0.05) is 38.1 Å². The second-order valence-electron chi connectivity index (χ2n) is 6.41. The van der Waals surface area contributed by atoms with E-state index in [1.165, 1.54) is 17.7 Å². The summed E-state index contributed by atoms with van der Waals surface area (Å²) in [5.74, 6) is 0.659. The van der Waals surface area contributed by atoms with Crippen molar-refractivity contribution in [2.45, 2.75) is 32.7 Å². The number of benzene rings is 2. The number of hydrogen-bond acceptors (Lipinski definition) is 3. The van der Waals surface area contributed by atoms with Crippen molar-refractivity contribution >= 4 is 29.0 Å². The average molecular weight is 383 g/mol. The molecule has 2 N–H and O–H groups in total. The maximum atomic E-state index is 13.3. The minimum absolute atomic E-state index is 0.268. The van der Waals surface area contributed by atoms with Crippen LogP contribution < -0.4 is 10.6 Å². The Morgan fingerprint density at radius 1 is 1.19 bits per heavy atom. The average Bonchev–Trinajstić information content (AvgIpc) is 3.08. The van der Waals surface area contributed by atoms with E-state index in [2.05, 4.69) is 46.7 Å². The lowest BCUT2D eigenvalue weighted by Crippen LogP contribution is -2.20. The summed E-state index contributed by atoms with van der Waals surface area (Å²) in [6, 6.07) is 14.6. The Morgan fingerprint density at radius 3 is 2.67 bits per heavy atom. The molecular weight excluding hydrogens is 361 g/mol. The lowest BCUT2D eigenvalue weighted by Gasteiger charge is -2.11. The third-order valence-corrected chi connectivity index (χ3v) is 4.55. The summed E-state index contributed by atoms with van der Waals surface area (Å²) < 4.78 is 14.9. The van der Waals surface area contributed by atoms with Crippen LogP contribution in [0.5, 0.6) is 0 Å². The van der Waals surface area contributed by atoms with Gasteiger partial charge in [-0.2, -0.15) is 0 Å². The van der Waals surface area contributed by atoms with Crippen molar-refractivity contribution < 1.29 is 4.39 Å². The van der Waals surface area contributed by atoms with E-state index in [-0.39, 0.29) is 5.82 Å². The van der Waals surface area contributed by atoms with E-state index in [9.17, 15) is 4.39 Å². The zero-order valence-corrected chi connectivity index (χ0v) is 16.1. The molecule has 3 rings (SSSR count). The summed E-state index contributed by atoms with van der Waals surface area (Å²) in [5, 5.41) is 10.8. The smallest absolute Gasteiger partial charge is 0.248 e. The molecule has 0 amide bonds. The Morgan fingerprint density at radius 2 is 1.96 bits per heavy atom. The van der Waals surface area contributed by atoms with E-state index < -0.39 is 0 Å². The second-order valence-corrected chi connectivity index (χ2v) is 6.81. The molecule has 0 aliphatic rings. The van der Waals surface area contributed by atoms with Crippen LogP contribution in [-0.2, 0) is 6.54 Å². The summed E-state index contributed by atoms with van der Waals surface area (Å²) in [6.07, 6.45) is 2.69. The van der Waals surface area contributed by atoms with Crippen LogP contribution in [0.2, 0.25) is 0 Å². The van der Waals surface area contributed by atoms with Crippen LogP contribution in [0.15, 0.2) is 54.9 Å². The largest absolute Gasteiger partial charge is 0.332 e. The topological polar surface area (TPSA) is 54.8 Å². The van der Waals surface area contributed by atoms with E-state index in [4.69, 9.17) is 12.2 Å². The number of thiocarbonyl (C=S) groups is 1. The molecular formula is C20H22FN5S. The fourth-order valence-electron chi connectivity index (χ4n) is 2.65. The van der Waals surface area contributed by atoms with Crippen LogP contribution in [0, 0.1) is 5.82 Å². The summed E-state index contributed by atoms with van der Waals surface area (Å²) >= 11 is 5.32. The first kappa shape index (κ1) is 19.0. The van der Waals surface area contributed by atoms with Crippen molar-refractivity contribution in [1.29, 1.82) is 0 Å². The predicted molar refractivity (Wildman–Crippen MR) is 111 cm³/mol. The Balaban J connectivity index is 1.56. The third-order valence-electron chi connectivity index (χ3n) is 4.35. The Hall–Kier alpha value is -2.80. The zero-order valence-electron chi connectivity index (χ0n) is 15.3. The standard InChI is InChI=1S/C20H22FN5S/c1-3-14(2)16-7-9-18(10-8-16)23-20(27)24-19-22-13-26(25-19)12-15-5-4-6-17(21)11-15/h4-11,13-14H,3,12H2,1-2H3,(H2,23,24,25,27). The van der Waals surface area contributed by atoms with Crippen molar-refractivity contribution in [2.24, 2.45) is 0 Å². The first-order valence-electron chi connectivity index (χ1n) is 8.85. The van der Waals surface area contributed by atoms with Gasteiger partial charge in [0.15, 0.2) is 5.11 Å². The number of aromatic nitrogens is 3. The predicted octanol–water partition coefficient (Wildman–Crippen LogP) is 4.79. The Bertz CT molecular complexity index is 907. The molecule has 0 saturated carbocycles. The molecule has 0 radical (unpaired) electrons. The molecule has 0 saturated heterocycles. The highest BCUT2D eigenvalue weighted by Gasteiger charge is 2.06.